The molecular weight excluding hydrogens is 445 g/mol. The number of aromatic nitrogens is 1. The molecule has 0 saturated carbocycles. The number of hydrogen-bond donors (Lipinski definition) is 3. The third-order valence-corrected chi connectivity index (χ3v) is 6.56. The van der Waals surface area contributed by atoms with Gasteiger partial charge in [-0.2, -0.15) is 13.2 Å². The lowest BCUT2D eigenvalue weighted by Crippen LogP contribution is -2.29. The van der Waals surface area contributed by atoms with Gasteiger partial charge in [-0.15, -0.1) is 0 Å². The van der Waals surface area contributed by atoms with Gasteiger partial charge in [0.05, 0.1) is 5.75 Å². The molecule has 11 heteroatoms. The minimum absolute atomic E-state index is 0.00897. The van der Waals surface area contributed by atoms with Gasteiger partial charge in [-0.3, -0.25) is 14.5 Å². The van der Waals surface area contributed by atoms with E-state index in [0.29, 0.717) is 29.2 Å². The average Bonchev–Trinajstić information content (AvgIpc) is 2.77. The summed E-state index contributed by atoms with van der Waals surface area (Å²) < 4.78 is 64.8. The second-order valence-electron chi connectivity index (χ2n) is 7.71. The van der Waals surface area contributed by atoms with Crippen LogP contribution in [0.15, 0.2) is 42.6 Å². The summed E-state index contributed by atoms with van der Waals surface area (Å²) in [6, 6.07) is 8.05. The molecule has 0 radical (unpaired) electrons. The molecule has 0 spiro atoms. The zero-order chi connectivity index (χ0) is 23.2. The molecule has 0 aliphatic carbocycles. The number of amides is 1. The Morgan fingerprint density at radius 3 is 2.38 bits per heavy atom. The first-order valence-corrected chi connectivity index (χ1v) is 11.9. The van der Waals surface area contributed by atoms with Gasteiger partial charge >= 0.3 is 6.18 Å². The summed E-state index contributed by atoms with van der Waals surface area (Å²) in [6.45, 7) is 1.84. The minimum atomic E-state index is -4.52. The molecule has 174 valence electrons. The first-order chi connectivity index (χ1) is 15.1. The van der Waals surface area contributed by atoms with Gasteiger partial charge in [0.1, 0.15) is 5.69 Å². The van der Waals surface area contributed by atoms with Gasteiger partial charge in [-0.25, -0.2) is 8.42 Å². The highest BCUT2D eigenvalue weighted by molar-refractivity contribution is 7.92. The van der Waals surface area contributed by atoms with E-state index in [-0.39, 0.29) is 12.3 Å². The molecule has 0 atom stereocenters. The smallest absolute Gasteiger partial charge is 0.348 e. The summed E-state index contributed by atoms with van der Waals surface area (Å²) in [5, 5.41) is 5.84. The van der Waals surface area contributed by atoms with Gasteiger partial charge in [0.15, 0.2) is 0 Å². The van der Waals surface area contributed by atoms with Crippen molar-refractivity contribution >= 4 is 21.6 Å². The van der Waals surface area contributed by atoms with Crippen LogP contribution in [0, 0.1) is 5.92 Å². The van der Waals surface area contributed by atoms with Crippen molar-refractivity contribution in [1.82, 2.24) is 15.6 Å². The first kappa shape index (κ1) is 24.0. The van der Waals surface area contributed by atoms with E-state index in [2.05, 4.69) is 20.3 Å². The predicted molar refractivity (Wildman–Crippen MR) is 114 cm³/mol. The van der Waals surface area contributed by atoms with E-state index in [1.54, 1.807) is 0 Å². The third-order valence-electron chi connectivity index (χ3n) is 5.24. The van der Waals surface area contributed by atoms with E-state index in [4.69, 9.17) is 0 Å². The number of alkyl halides is 3. The van der Waals surface area contributed by atoms with Crippen molar-refractivity contribution in [2.24, 2.45) is 5.92 Å². The fourth-order valence-electron chi connectivity index (χ4n) is 3.39. The molecule has 3 rings (SSSR count). The Bertz CT molecular complexity index is 1000. The highest BCUT2D eigenvalue weighted by atomic mass is 32.2. The van der Waals surface area contributed by atoms with E-state index in [0.717, 1.165) is 38.2 Å². The predicted octanol–water partition coefficient (Wildman–Crippen LogP) is 3.16. The van der Waals surface area contributed by atoms with Crippen molar-refractivity contribution in [3.05, 3.63) is 59.4 Å². The molecule has 1 fully saturated rings. The maximum absolute atomic E-state index is 12.5. The van der Waals surface area contributed by atoms with Crippen molar-refractivity contribution in [1.29, 1.82) is 0 Å². The Balaban J connectivity index is 1.49. The Kier molecular flexibility index (Phi) is 7.73. The van der Waals surface area contributed by atoms with Crippen LogP contribution in [0.3, 0.4) is 0 Å². The van der Waals surface area contributed by atoms with E-state index >= 15 is 0 Å². The second-order valence-corrected chi connectivity index (χ2v) is 9.55. The fraction of sp³-hybridized carbons (Fsp3) is 0.429. The quantitative estimate of drug-likeness (QED) is 0.550. The molecular formula is C21H25F3N4O3S. The van der Waals surface area contributed by atoms with Crippen LogP contribution in [0.5, 0.6) is 0 Å². The number of hydrogen-bond acceptors (Lipinski definition) is 5. The SMILES string of the molecule is O=C(NCc1ccc(C(F)(F)F)nc1)c1ccc(NS(=O)(=O)CCC2CCNCC2)cc1. The summed E-state index contributed by atoms with van der Waals surface area (Å²) in [4.78, 5) is 15.6. The van der Waals surface area contributed by atoms with Crippen LogP contribution < -0.4 is 15.4 Å². The van der Waals surface area contributed by atoms with Crippen molar-refractivity contribution < 1.29 is 26.4 Å². The van der Waals surface area contributed by atoms with Crippen LogP contribution in [0.1, 0.15) is 40.9 Å². The van der Waals surface area contributed by atoms with Gasteiger partial charge in [0.2, 0.25) is 10.0 Å². The van der Waals surface area contributed by atoms with Crippen LogP contribution in [0.25, 0.3) is 0 Å². The van der Waals surface area contributed by atoms with Crippen LogP contribution in [-0.4, -0.2) is 38.2 Å². The van der Waals surface area contributed by atoms with Crippen LogP contribution in [-0.2, 0) is 22.7 Å². The number of halogens is 3. The van der Waals surface area contributed by atoms with E-state index in [9.17, 15) is 26.4 Å². The van der Waals surface area contributed by atoms with Crippen LogP contribution in [0.4, 0.5) is 18.9 Å². The lowest BCUT2D eigenvalue weighted by molar-refractivity contribution is -0.141. The van der Waals surface area contributed by atoms with Crippen LogP contribution in [0.2, 0.25) is 0 Å². The highest BCUT2D eigenvalue weighted by Gasteiger charge is 2.32. The van der Waals surface area contributed by atoms with Crippen molar-refractivity contribution in [2.75, 3.05) is 23.6 Å². The summed E-state index contributed by atoms with van der Waals surface area (Å²) in [5.74, 6) is 0.00474. The van der Waals surface area contributed by atoms with Gasteiger partial charge in [0.25, 0.3) is 5.91 Å². The largest absolute Gasteiger partial charge is 0.433 e. The maximum Gasteiger partial charge on any atom is 0.433 e. The number of benzene rings is 1. The molecule has 32 heavy (non-hydrogen) atoms. The van der Waals surface area contributed by atoms with Crippen molar-refractivity contribution in [3.8, 4) is 0 Å². The molecule has 1 aliphatic rings. The van der Waals surface area contributed by atoms with Gasteiger partial charge in [0, 0.05) is 24.0 Å². The number of carbonyl (C=O) groups excluding carboxylic acids is 1. The van der Waals surface area contributed by atoms with Gasteiger partial charge in [-0.1, -0.05) is 6.07 Å². The topological polar surface area (TPSA) is 100 Å². The summed E-state index contributed by atoms with van der Waals surface area (Å²) in [5.41, 5.74) is 0.0761. The maximum atomic E-state index is 12.5. The summed E-state index contributed by atoms with van der Waals surface area (Å²) >= 11 is 0. The average molecular weight is 471 g/mol. The molecule has 7 nitrogen and oxygen atoms in total. The van der Waals surface area contributed by atoms with Crippen molar-refractivity contribution in [3.63, 3.8) is 0 Å². The molecule has 1 amide bonds. The molecule has 2 aromatic rings. The number of nitrogens with zero attached hydrogens (tertiary/aromatic N) is 1. The molecule has 0 unspecified atom stereocenters. The molecule has 3 N–H and O–H groups in total. The number of piperidine rings is 1. The van der Waals surface area contributed by atoms with Crippen LogP contribution >= 0.6 is 0 Å². The number of anilines is 1. The Morgan fingerprint density at radius 2 is 1.78 bits per heavy atom. The minimum Gasteiger partial charge on any atom is -0.348 e. The molecule has 0 bridgehead atoms. The molecule has 1 saturated heterocycles. The Labute approximate surface area is 184 Å². The summed E-state index contributed by atoms with van der Waals surface area (Å²) in [7, 11) is -3.49. The van der Waals surface area contributed by atoms with Gasteiger partial charge < -0.3 is 10.6 Å². The van der Waals surface area contributed by atoms with E-state index in [1.807, 2.05) is 0 Å². The normalized spacial score (nSPS) is 15.3. The number of rotatable bonds is 8. The van der Waals surface area contributed by atoms with E-state index < -0.39 is 27.8 Å². The Morgan fingerprint density at radius 1 is 1.09 bits per heavy atom. The molecule has 2 heterocycles. The van der Waals surface area contributed by atoms with Crippen molar-refractivity contribution in [2.45, 2.75) is 32.0 Å². The van der Waals surface area contributed by atoms with E-state index in [1.165, 1.54) is 30.3 Å². The Hall–Kier alpha value is -2.66. The zero-order valence-electron chi connectivity index (χ0n) is 17.3. The molecule has 1 aliphatic heterocycles. The molecule has 1 aromatic carbocycles. The summed E-state index contributed by atoms with van der Waals surface area (Å²) in [6.07, 6.45) is -0.900. The zero-order valence-corrected chi connectivity index (χ0v) is 18.1. The number of sulfonamides is 1. The standard InChI is InChI=1S/C21H25F3N4O3S/c22-21(23,24)19-6-1-16(13-26-19)14-27-20(29)17-2-4-18(5-3-17)28-32(30,31)12-9-15-7-10-25-11-8-15/h1-6,13,15,25,28H,7-12,14H2,(H,27,29). The molecule has 1 aromatic heterocycles. The third kappa shape index (κ3) is 7.20. The number of nitrogens with one attached hydrogen (secondary N) is 3. The lowest BCUT2D eigenvalue weighted by atomic mass is 9.96. The highest BCUT2D eigenvalue weighted by Crippen LogP contribution is 2.27. The second kappa shape index (κ2) is 10.3. The monoisotopic (exact) mass is 470 g/mol. The lowest BCUT2D eigenvalue weighted by Gasteiger charge is -2.22. The number of pyridine rings is 1. The number of carbonyl (C=O) groups is 1. The fourth-order valence-corrected chi connectivity index (χ4v) is 4.63. The first-order valence-electron chi connectivity index (χ1n) is 10.2. The van der Waals surface area contributed by atoms with Gasteiger partial charge in [-0.05, 0) is 74.2 Å².